The fourth-order valence-electron chi connectivity index (χ4n) is 3.89. The highest BCUT2D eigenvalue weighted by Gasteiger charge is 2.32. The van der Waals surface area contributed by atoms with Crippen LogP contribution in [0.15, 0.2) is 48.5 Å². The minimum Gasteiger partial charge on any atom is -0.481 e. The van der Waals surface area contributed by atoms with Crippen LogP contribution in [0, 0.1) is 5.92 Å². The molecule has 190 valence electrons. The van der Waals surface area contributed by atoms with Crippen molar-refractivity contribution in [3.63, 3.8) is 0 Å². The summed E-state index contributed by atoms with van der Waals surface area (Å²) in [7, 11) is 0. The van der Waals surface area contributed by atoms with Crippen molar-refractivity contribution in [1.82, 2.24) is 0 Å². The van der Waals surface area contributed by atoms with Crippen LogP contribution in [0.4, 0.5) is 0 Å². The molecular weight excluding hydrogens is 454 g/mol. The number of nitrogens with two attached hydrogens (primary N) is 1. The van der Waals surface area contributed by atoms with E-state index < -0.39 is 17.9 Å². The number of ether oxygens (including phenoxy) is 5. The number of carboxylic acids is 1. The first-order valence-corrected chi connectivity index (χ1v) is 11.7. The first kappa shape index (κ1) is 26.8. The molecule has 1 unspecified atom stereocenters. The molecule has 0 bridgehead atoms. The van der Waals surface area contributed by atoms with Crippen molar-refractivity contribution in [3.8, 4) is 11.1 Å². The summed E-state index contributed by atoms with van der Waals surface area (Å²) in [6.07, 6.45) is 0. The van der Waals surface area contributed by atoms with Gasteiger partial charge in [0.15, 0.2) is 5.92 Å². The Balaban J connectivity index is 1.36. The van der Waals surface area contributed by atoms with E-state index in [0.717, 1.165) is 22.3 Å². The number of carboxylic acid groups (broad SMARTS) is 1. The normalized spacial score (nSPS) is 13.3. The second-order valence-electron chi connectivity index (χ2n) is 7.95. The summed E-state index contributed by atoms with van der Waals surface area (Å²) in [6.45, 7) is 2.88. The number of aliphatic carboxylic acids is 1. The van der Waals surface area contributed by atoms with Gasteiger partial charge in [-0.2, -0.15) is 0 Å². The van der Waals surface area contributed by atoms with Crippen molar-refractivity contribution < 1.29 is 38.4 Å². The minimum absolute atomic E-state index is 0.0665. The summed E-state index contributed by atoms with van der Waals surface area (Å²) < 4.78 is 26.7. The summed E-state index contributed by atoms with van der Waals surface area (Å²) in [5, 5.41) is 9.48. The third-order valence-electron chi connectivity index (χ3n) is 5.60. The Hall–Kier alpha value is -2.82. The highest BCUT2D eigenvalue weighted by molar-refractivity contribution is 5.94. The number of fused-ring (bicyclic) bond motifs is 3. The van der Waals surface area contributed by atoms with E-state index >= 15 is 0 Å². The van der Waals surface area contributed by atoms with Gasteiger partial charge in [0.2, 0.25) is 0 Å². The lowest BCUT2D eigenvalue weighted by Crippen LogP contribution is -2.31. The third-order valence-corrected chi connectivity index (χ3v) is 5.60. The van der Waals surface area contributed by atoms with Crippen LogP contribution in [0.25, 0.3) is 11.1 Å². The molecule has 0 fully saturated rings. The molecule has 0 saturated carbocycles. The molecular formula is C26H33NO8. The lowest BCUT2D eigenvalue weighted by atomic mass is 9.98. The molecule has 3 rings (SSSR count). The van der Waals surface area contributed by atoms with E-state index in [-0.39, 0.29) is 32.3 Å². The van der Waals surface area contributed by atoms with Gasteiger partial charge in [0.1, 0.15) is 6.61 Å². The van der Waals surface area contributed by atoms with E-state index in [2.05, 4.69) is 0 Å². The van der Waals surface area contributed by atoms with Gasteiger partial charge in [-0.1, -0.05) is 48.5 Å². The molecule has 2 aromatic rings. The molecule has 3 N–H and O–H groups in total. The smallest absolute Gasteiger partial charge is 0.322 e. The molecule has 0 aliphatic heterocycles. The number of rotatable bonds is 17. The van der Waals surface area contributed by atoms with Crippen molar-refractivity contribution in [2.75, 3.05) is 66.0 Å². The highest BCUT2D eigenvalue weighted by atomic mass is 16.6. The lowest BCUT2D eigenvalue weighted by molar-refractivity contribution is -0.162. The molecule has 9 heteroatoms. The van der Waals surface area contributed by atoms with E-state index in [0.29, 0.717) is 39.6 Å². The first-order valence-electron chi connectivity index (χ1n) is 11.7. The Morgan fingerprint density at radius 2 is 1.26 bits per heavy atom. The van der Waals surface area contributed by atoms with E-state index in [1.54, 1.807) is 0 Å². The van der Waals surface area contributed by atoms with Crippen LogP contribution in [-0.2, 0) is 33.3 Å². The molecule has 1 aliphatic rings. The van der Waals surface area contributed by atoms with E-state index in [9.17, 15) is 14.7 Å². The number of carbonyl (C=O) groups excluding carboxylic acids is 1. The van der Waals surface area contributed by atoms with Crippen LogP contribution in [0.1, 0.15) is 17.0 Å². The molecule has 0 spiro atoms. The van der Waals surface area contributed by atoms with Crippen LogP contribution >= 0.6 is 0 Å². The summed E-state index contributed by atoms with van der Waals surface area (Å²) in [5.74, 6) is -3.64. The number of hydrogen-bond donors (Lipinski definition) is 2. The van der Waals surface area contributed by atoms with Gasteiger partial charge in [0.25, 0.3) is 0 Å². The minimum atomic E-state index is -1.40. The topological polar surface area (TPSA) is 127 Å². The van der Waals surface area contributed by atoms with Gasteiger partial charge in [0.05, 0.1) is 52.9 Å². The van der Waals surface area contributed by atoms with Crippen molar-refractivity contribution >= 4 is 11.9 Å². The quantitative estimate of drug-likeness (QED) is 0.196. The Kier molecular flexibility index (Phi) is 11.1. The van der Waals surface area contributed by atoms with Crippen LogP contribution in [-0.4, -0.2) is 83.1 Å². The molecule has 0 radical (unpaired) electrons. The molecule has 0 aromatic heterocycles. The average molecular weight is 488 g/mol. The summed E-state index contributed by atoms with van der Waals surface area (Å²) in [6, 6.07) is 15.9. The zero-order valence-electron chi connectivity index (χ0n) is 19.7. The first-order chi connectivity index (χ1) is 17.1. The van der Waals surface area contributed by atoms with Crippen molar-refractivity contribution in [2.24, 2.45) is 11.7 Å². The number of esters is 1. The zero-order chi connectivity index (χ0) is 24.9. The Bertz CT molecular complexity index is 905. The van der Waals surface area contributed by atoms with Crippen molar-refractivity contribution in [2.45, 2.75) is 5.92 Å². The maximum absolute atomic E-state index is 12.5. The number of carbonyl (C=O) groups is 2. The maximum Gasteiger partial charge on any atom is 0.322 e. The van der Waals surface area contributed by atoms with Crippen molar-refractivity contribution in [3.05, 3.63) is 59.7 Å². The Morgan fingerprint density at radius 3 is 1.77 bits per heavy atom. The van der Waals surface area contributed by atoms with Crippen LogP contribution < -0.4 is 5.73 Å². The highest BCUT2D eigenvalue weighted by Crippen LogP contribution is 2.44. The maximum atomic E-state index is 12.5. The van der Waals surface area contributed by atoms with Crippen LogP contribution in [0.2, 0.25) is 0 Å². The van der Waals surface area contributed by atoms with E-state index in [1.807, 2.05) is 48.5 Å². The van der Waals surface area contributed by atoms with Gasteiger partial charge < -0.3 is 34.5 Å². The zero-order valence-corrected chi connectivity index (χ0v) is 19.7. The summed E-state index contributed by atoms with van der Waals surface area (Å²) >= 11 is 0. The monoisotopic (exact) mass is 487 g/mol. The molecule has 1 atom stereocenters. The number of hydrogen-bond acceptors (Lipinski definition) is 8. The van der Waals surface area contributed by atoms with Crippen molar-refractivity contribution in [1.29, 1.82) is 0 Å². The largest absolute Gasteiger partial charge is 0.481 e. The fraction of sp³-hybridized carbons (Fsp3) is 0.462. The van der Waals surface area contributed by atoms with Gasteiger partial charge in [-0.15, -0.1) is 0 Å². The molecule has 9 nitrogen and oxygen atoms in total. The molecule has 1 aliphatic carbocycles. The van der Waals surface area contributed by atoms with E-state index in [1.165, 1.54) is 0 Å². The summed E-state index contributed by atoms with van der Waals surface area (Å²) in [4.78, 5) is 24.2. The van der Waals surface area contributed by atoms with Gasteiger partial charge in [0, 0.05) is 12.5 Å². The van der Waals surface area contributed by atoms with Crippen LogP contribution in [0.3, 0.4) is 0 Å². The average Bonchev–Trinajstić information content (AvgIpc) is 3.19. The summed E-state index contributed by atoms with van der Waals surface area (Å²) in [5.41, 5.74) is 9.65. The molecule has 0 heterocycles. The fourth-order valence-corrected chi connectivity index (χ4v) is 3.89. The lowest BCUT2D eigenvalue weighted by Gasteiger charge is -2.17. The Labute approximate surface area is 205 Å². The predicted molar refractivity (Wildman–Crippen MR) is 128 cm³/mol. The standard InChI is InChI=1S/C26H33NO8/c27-9-10-31-11-12-32-13-14-33-15-16-34-17-24(25(28)29)26(30)35-18-23-21-7-3-1-5-19(21)20-6-2-4-8-22(20)23/h1-8,23-24H,9-18,27H2,(H,28,29). The van der Waals surface area contributed by atoms with Crippen LogP contribution in [0.5, 0.6) is 0 Å². The molecule has 0 amide bonds. The van der Waals surface area contributed by atoms with E-state index in [4.69, 9.17) is 29.4 Å². The van der Waals surface area contributed by atoms with Gasteiger partial charge in [-0.05, 0) is 22.3 Å². The molecule has 2 aromatic carbocycles. The number of benzene rings is 2. The van der Waals surface area contributed by atoms with Gasteiger partial charge >= 0.3 is 11.9 Å². The second-order valence-corrected chi connectivity index (χ2v) is 7.95. The van der Waals surface area contributed by atoms with Gasteiger partial charge in [-0.3, -0.25) is 9.59 Å². The predicted octanol–water partition coefficient (Wildman–Crippen LogP) is 2.07. The Morgan fingerprint density at radius 1 is 0.771 bits per heavy atom. The molecule has 35 heavy (non-hydrogen) atoms. The van der Waals surface area contributed by atoms with Gasteiger partial charge in [-0.25, -0.2) is 0 Å². The SMILES string of the molecule is NCCOCCOCCOCCOCC(C(=O)O)C(=O)OCC1c2ccccc2-c2ccccc21. The molecule has 0 saturated heterocycles. The second kappa shape index (κ2) is 14.6. The third kappa shape index (κ3) is 7.84.